The molecule has 2 rings (SSSR count). The Balaban J connectivity index is 2.02. The average Bonchev–Trinajstić information content (AvgIpc) is 2.74. The molecule has 0 saturated carbocycles. The van der Waals surface area contributed by atoms with E-state index in [1.54, 1.807) is 6.07 Å². The highest BCUT2D eigenvalue weighted by Crippen LogP contribution is 2.25. The van der Waals surface area contributed by atoms with Gasteiger partial charge in [0, 0.05) is 13.2 Å². The SMILES string of the molecule is CC1(CNc2nnccc2C#N)CCCO1. The number of aromatic nitrogens is 2. The third kappa shape index (κ3) is 2.28. The molecule has 1 aromatic rings. The van der Waals surface area contributed by atoms with Crippen molar-refractivity contribution < 1.29 is 4.74 Å². The Hall–Kier alpha value is -1.67. The van der Waals surface area contributed by atoms with Gasteiger partial charge in [-0.1, -0.05) is 0 Å². The van der Waals surface area contributed by atoms with E-state index in [2.05, 4.69) is 28.5 Å². The minimum Gasteiger partial charge on any atom is -0.373 e. The molecule has 2 heterocycles. The summed E-state index contributed by atoms with van der Waals surface area (Å²) in [5.41, 5.74) is 0.362. The van der Waals surface area contributed by atoms with Crippen LogP contribution in [0.15, 0.2) is 12.3 Å². The lowest BCUT2D eigenvalue weighted by atomic mass is 10.0. The second kappa shape index (κ2) is 4.45. The van der Waals surface area contributed by atoms with Crippen LogP contribution in [0.1, 0.15) is 25.3 Å². The van der Waals surface area contributed by atoms with Crippen molar-refractivity contribution in [3.8, 4) is 6.07 Å². The van der Waals surface area contributed by atoms with Crippen molar-refractivity contribution in [3.05, 3.63) is 17.8 Å². The molecule has 84 valence electrons. The predicted molar refractivity (Wildman–Crippen MR) is 58.8 cm³/mol. The van der Waals surface area contributed by atoms with Crippen molar-refractivity contribution in [2.75, 3.05) is 18.5 Å². The van der Waals surface area contributed by atoms with Crippen LogP contribution >= 0.6 is 0 Å². The molecule has 1 N–H and O–H groups in total. The summed E-state index contributed by atoms with van der Waals surface area (Å²) in [5.74, 6) is 0.529. The lowest BCUT2D eigenvalue weighted by molar-refractivity contribution is 0.0314. The summed E-state index contributed by atoms with van der Waals surface area (Å²) in [7, 11) is 0. The molecule has 5 heteroatoms. The minimum absolute atomic E-state index is 0.149. The Morgan fingerprint density at radius 2 is 2.56 bits per heavy atom. The summed E-state index contributed by atoms with van der Waals surface area (Å²) in [4.78, 5) is 0. The van der Waals surface area contributed by atoms with Crippen LogP contribution in [0, 0.1) is 11.3 Å². The first-order chi connectivity index (χ1) is 7.73. The van der Waals surface area contributed by atoms with E-state index in [4.69, 9.17) is 10.00 Å². The Morgan fingerprint density at radius 1 is 1.69 bits per heavy atom. The summed E-state index contributed by atoms with van der Waals surface area (Å²) in [6.45, 7) is 3.53. The van der Waals surface area contributed by atoms with Gasteiger partial charge in [-0.05, 0) is 25.8 Å². The second-order valence-corrected chi connectivity index (χ2v) is 4.16. The van der Waals surface area contributed by atoms with E-state index in [9.17, 15) is 0 Å². The standard InChI is InChI=1S/C11H14N4O/c1-11(4-2-6-16-11)8-13-10-9(7-12)3-5-14-15-10/h3,5H,2,4,6,8H2,1H3,(H,13,15). The Bertz CT molecular complexity index is 407. The summed E-state index contributed by atoms with van der Waals surface area (Å²) < 4.78 is 5.64. The number of nitriles is 1. The van der Waals surface area contributed by atoms with E-state index in [1.165, 1.54) is 6.20 Å². The summed E-state index contributed by atoms with van der Waals surface area (Å²) in [6, 6.07) is 3.72. The fraction of sp³-hybridized carbons (Fsp3) is 0.545. The summed E-state index contributed by atoms with van der Waals surface area (Å²) in [6.07, 6.45) is 3.63. The van der Waals surface area contributed by atoms with Crippen molar-refractivity contribution in [2.24, 2.45) is 0 Å². The van der Waals surface area contributed by atoms with E-state index in [0.717, 1.165) is 19.4 Å². The van der Waals surface area contributed by atoms with Gasteiger partial charge in [-0.3, -0.25) is 0 Å². The molecule has 0 aliphatic carbocycles. The van der Waals surface area contributed by atoms with Gasteiger partial charge in [-0.25, -0.2) is 0 Å². The van der Waals surface area contributed by atoms with Crippen molar-refractivity contribution >= 4 is 5.82 Å². The smallest absolute Gasteiger partial charge is 0.166 e. The van der Waals surface area contributed by atoms with Gasteiger partial charge in [-0.2, -0.15) is 10.4 Å². The van der Waals surface area contributed by atoms with Crippen LogP contribution in [0.25, 0.3) is 0 Å². The molecule has 1 aliphatic rings. The van der Waals surface area contributed by atoms with Gasteiger partial charge in [0.25, 0.3) is 0 Å². The molecule has 0 aromatic carbocycles. The quantitative estimate of drug-likeness (QED) is 0.828. The molecular formula is C11H14N4O. The molecule has 1 atom stereocenters. The first-order valence-corrected chi connectivity index (χ1v) is 5.33. The summed E-state index contributed by atoms with van der Waals surface area (Å²) >= 11 is 0. The fourth-order valence-electron chi connectivity index (χ4n) is 1.80. The third-order valence-corrected chi connectivity index (χ3v) is 2.77. The second-order valence-electron chi connectivity index (χ2n) is 4.16. The molecule has 1 aliphatic heterocycles. The highest BCUT2D eigenvalue weighted by Gasteiger charge is 2.29. The fourth-order valence-corrected chi connectivity index (χ4v) is 1.80. The molecular weight excluding hydrogens is 204 g/mol. The Labute approximate surface area is 94.4 Å². The zero-order chi connectivity index (χ0) is 11.4. The van der Waals surface area contributed by atoms with E-state index in [0.29, 0.717) is 17.9 Å². The van der Waals surface area contributed by atoms with E-state index in [-0.39, 0.29) is 5.60 Å². The number of nitrogens with one attached hydrogen (secondary N) is 1. The number of hydrogen-bond donors (Lipinski definition) is 1. The molecule has 1 unspecified atom stereocenters. The highest BCUT2D eigenvalue weighted by atomic mass is 16.5. The van der Waals surface area contributed by atoms with E-state index < -0.39 is 0 Å². The minimum atomic E-state index is -0.149. The maximum absolute atomic E-state index is 8.89. The van der Waals surface area contributed by atoms with Crippen molar-refractivity contribution in [2.45, 2.75) is 25.4 Å². The van der Waals surface area contributed by atoms with E-state index >= 15 is 0 Å². The van der Waals surface area contributed by atoms with Crippen molar-refractivity contribution in [3.63, 3.8) is 0 Å². The molecule has 16 heavy (non-hydrogen) atoms. The lowest BCUT2D eigenvalue weighted by Gasteiger charge is -2.23. The molecule has 1 saturated heterocycles. The number of ether oxygens (including phenoxy) is 1. The first-order valence-electron chi connectivity index (χ1n) is 5.33. The molecule has 1 fully saturated rings. The topological polar surface area (TPSA) is 70.8 Å². The summed E-state index contributed by atoms with van der Waals surface area (Å²) in [5, 5.41) is 19.7. The normalized spacial score (nSPS) is 24.0. The average molecular weight is 218 g/mol. The van der Waals surface area contributed by atoms with Crippen LogP contribution in [0.3, 0.4) is 0 Å². The van der Waals surface area contributed by atoms with Gasteiger partial charge >= 0.3 is 0 Å². The van der Waals surface area contributed by atoms with Gasteiger partial charge in [0.1, 0.15) is 6.07 Å². The molecule has 5 nitrogen and oxygen atoms in total. The van der Waals surface area contributed by atoms with Crippen LogP contribution in [0.4, 0.5) is 5.82 Å². The van der Waals surface area contributed by atoms with Gasteiger partial charge in [0.05, 0.1) is 17.4 Å². The van der Waals surface area contributed by atoms with Gasteiger partial charge in [0.15, 0.2) is 5.82 Å². The van der Waals surface area contributed by atoms with Crippen molar-refractivity contribution in [1.82, 2.24) is 10.2 Å². The van der Waals surface area contributed by atoms with Gasteiger partial charge in [0.2, 0.25) is 0 Å². The largest absolute Gasteiger partial charge is 0.373 e. The van der Waals surface area contributed by atoms with E-state index in [1.807, 2.05) is 0 Å². The number of rotatable bonds is 3. The highest BCUT2D eigenvalue weighted by molar-refractivity contribution is 5.50. The zero-order valence-corrected chi connectivity index (χ0v) is 9.23. The molecule has 1 aromatic heterocycles. The number of anilines is 1. The number of nitrogens with zero attached hydrogens (tertiary/aromatic N) is 3. The maximum atomic E-state index is 8.89. The maximum Gasteiger partial charge on any atom is 0.166 e. The van der Waals surface area contributed by atoms with Crippen molar-refractivity contribution in [1.29, 1.82) is 5.26 Å². The van der Waals surface area contributed by atoms with Crippen LogP contribution in [0.5, 0.6) is 0 Å². The molecule has 0 bridgehead atoms. The van der Waals surface area contributed by atoms with Gasteiger partial charge < -0.3 is 10.1 Å². The zero-order valence-electron chi connectivity index (χ0n) is 9.23. The monoisotopic (exact) mass is 218 g/mol. The molecule has 0 radical (unpaired) electrons. The van der Waals surface area contributed by atoms with Gasteiger partial charge in [-0.15, -0.1) is 5.10 Å². The van der Waals surface area contributed by atoms with Crippen LogP contribution < -0.4 is 5.32 Å². The lowest BCUT2D eigenvalue weighted by Crippen LogP contribution is -2.33. The molecule has 0 spiro atoms. The van der Waals surface area contributed by atoms with Crippen LogP contribution in [-0.2, 0) is 4.74 Å². The predicted octanol–water partition coefficient (Wildman–Crippen LogP) is 1.33. The molecule has 0 amide bonds. The van der Waals surface area contributed by atoms with Crippen LogP contribution in [-0.4, -0.2) is 29.0 Å². The van der Waals surface area contributed by atoms with Crippen LogP contribution in [0.2, 0.25) is 0 Å². The Kier molecular flexibility index (Phi) is 3.02. The first kappa shape index (κ1) is 10.8. The Morgan fingerprint density at radius 3 is 3.25 bits per heavy atom. The third-order valence-electron chi connectivity index (χ3n) is 2.77. The number of hydrogen-bond acceptors (Lipinski definition) is 5.